The Labute approximate surface area is 138 Å². The first kappa shape index (κ1) is 16.5. The van der Waals surface area contributed by atoms with Crippen LogP contribution in [-0.2, 0) is 4.74 Å². The SMILES string of the molecule is Cc1ccc(Nc2nnc(SCCOC(C)C)s2)cc1Cl. The minimum atomic E-state index is 0.267. The second-order valence-corrected chi connectivity index (χ2v) is 7.46. The van der Waals surface area contributed by atoms with Crippen LogP contribution in [0.15, 0.2) is 22.5 Å². The van der Waals surface area contributed by atoms with Crippen molar-refractivity contribution in [2.75, 3.05) is 17.7 Å². The van der Waals surface area contributed by atoms with Crippen LogP contribution in [0.2, 0.25) is 5.02 Å². The summed E-state index contributed by atoms with van der Waals surface area (Å²) in [6, 6.07) is 5.85. The van der Waals surface area contributed by atoms with E-state index in [4.69, 9.17) is 16.3 Å². The minimum Gasteiger partial charge on any atom is -0.378 e. The van der Waals surface area contributed by atoms with Crippen molar-refractivity contribution in [3.8, 4) is 0 Å². The summed E-state index contributed by atoms with van der Waals surface area (Å²) in [5.74, 6) is 0.878. The van der Waals surface area contributed by atoms with Crippen molar-refractivity contribution >= 4 is 45.5 Å². The van der Waals surface area contributed by atoms with Gasteiger partial charge < -0.3 is 10.1 Å². The molecule has 0 spiro atoms. The van der Waals surface area contributed by atoms with E-state index in [2.05, 4.69) is 15.5 Å². The maximum Gasteiger partial charge on any atom is 0.210 e. The fourth-order valence-corrected chi connectivity index (χ4v) is 3.38. The predicted octanol–water partition coefficient (Wildman–Crippen LogP) is 4.76. The van der Waals surface area contributed by atoms with Crippen LogP contribution in [0.4, 0.5) is 10.8 Å². The Hall–Kier alpha value is -0.820. The average Bonchev–Trinajstić information content (AvgIpc) is 2.86. The van der Waals surface area contributed by atoms with Crippen molar-refractivity contribution in [1.29, 1.82) is 0 Å². The van der Waals surface area contributed by atoms with Crippen LogP contribution in [0.25, 0.3) is 0 Å². The lowest BCUT2D eigenvalue weighted by Crippen LogP contribution is -2.05. The number of aromatic nitrogens is 2. The third-order valence-corrected chi connectivity index (χ3v) is 4.93. The number of nitrogens with one attached hydrogen (secondary N) is 1. The molecule has 0 radical (unpaired) electrons. The van der Waals surface area contributed by atoms with Gasteiger partial charge in [-0.15, -0.1) is 10.2 Å². The van der Waals surface area contributed by atoms with E-state index in [-0.39, 0.29) is 6.10 Å². The van der Waals surface area contributed by atoms with Crippen LogP contribution in [-0.4, -0.2) is 28.7 Å². The van der Waals surface area contributed by atoms with Crippen molar-refractivity contribution in [2.24, 2.45) is 0 Å². The highest BCUT2D eigenvalue weighted by Gasteiger charge is 2.06. The summed E-state index contributed by atoms with van der Waals surface area (Å²) in [5.41, 5.74) is 1.97. The second-order valence-electron chi connectivity index (χ2n) is 4.73. The maximum atomic E-state index is 6.10. The van der Waals surface area contributed by atoms with E-state index in [0.29, 0.717) is 0 Å². The lowest BCUT2D eigenvalue weighted by molar-refractivity contribution is 0.0920. The van der Waals surface area contributed by atoms with Crippen molar-refractivity contribution in [3.63, 3.8) is 0 Å². The van der Waals surface area contributed by atoms with E-state index in [1.54, 1.807) is 11.8 Å². The molecule has 2 rings (SSSR count). The van der Waals surface area contributed by atoms with Crippen LogP contribution >= 0.6 is 34.7 Å². The van der Waals surface area contributed by atoms with E-state index >= 15 is 0 Å². The van der Waals surface area contributed by atoms with Crippen LogP contribution in [0.1, 0.15) is 19.4 Å². The predicted molar refractivity (Wildman–Crippen MR) is 91.2 cm³/mol. The van der Waals surface area contributed by atoms with Crippen molar-refractivity contribution < 1.29 is 4.74 Å². The van der Waals surface area contributed by atoms with Gasteiger partial charge in [0.15, 0.2) is 4.34 Å². The van der Waals surface area contributed by atoms with Gasteiger partial charge in [-0.05, 0) is 38.5 Å². The molecule has 0 aliphatic heterocycles. The quantitative estimate of drug-likeness (QED) is 0.580. The van der Waals surface area contributed by atoms with Crippen molar-refractivity contribution in [3.05, 3.63) is 28.8 Å². The van der Waals surface area contributed by atoms with Gasteiger partial charge in [0.2, 0.25) is 5.13 Å². The number of halogens is 1. The molecule has 2 aromatic rings. The van der Waals surface area contributed by atoms with Crippen LogP contribution in [0.5, 0.6) is 0 Å². The van der Waals surface area contributed by atoms with Gasteiger partial charge >= 0.3 is 0 Å². The van der Waals surface area contributed by atoms with Gasteiger partial charge in [0.25, 0.3) is 0 Å². The van der Waals surface area contributed by atoms with Gasteiger partial charge in [-0.25, -0.2) is 0 Å². The summed E-state index contributed by atoms with van der Waals surface area (Å²) in [7, 11) is 0. The molecule has 1 N–H and O–H groups in total. The molecule has 1 aromatic carbocycles. The summed E-state index contributed by atoms with van der Waals surface area (Å²) in [6.45, 7) is 6.76. The van der Waals surface area contributed by atoms with Gasteiger partial charge in [-0.2, -0.15) is 0 Å². The fourth-order valence-electron chi connectivity index (χ4n) is 1.53. The average molecular weight is 344 g/mol. The fraction of sp³-hybridized carbons (Fsp3) is 0.429. The third kappa shape index (κ3) is 5.47. The highest BCUT2D eigenvalue weighted by atomic mass is 35.5. The summed E-state index contributed by atoms with van der Waals surface area (Å²) in [5, 5.41) is 13.0. The molecule has 0 bridgehead atoms. The van der Waals surface area contributed by atoms with Crippen LogP contribution < -0.4 is 5.32 Å². The Morgan fingerprint density at radius 1 is 1.38 bits per heavy atom. The molecular weight excluding hydrogens is 326 g/mol. The highest BCUT2D eigenvalue weighted by molar-refractivity contribution is 8.01. The Balaban J connectivity index is 1.86. The van der Waals surface area contributed by atoms with E-state index in [9.17, 15) is 0 Å². The number of aryl methyl sites for hydroxylation is 1. The Bertz CT molecular complexity index is 589. The molecule has 114 valence electrons. The highest BCUT2D eigenvalue weighted by Crippen LogP contribution is 2.29. The van der Waals surface area contributed by atoms with Gasteiger partial charge in [-0.1, -0.05) is 40.8 Å². The molecule has 0 aliphatic rings. The smallest absolute Gasteiger partial charge is 0.210 e. The third-order valence-electron chi connectivity index (χ3n) is 2.59. The zero-order valence-electron chi connectivity index (χ0n) is 12.2. The summed E-state index contributed by atoms with van der Waals surface area (Å²) in [4.78, 5) is 0. The number of rotatable bonds is 7. The lowest BCUT2D eigenvalue weighted by atomic mass is 10.2. The van der Waals surface area contributed by atoms with E-state index in [0.717, 1.165) is 38.1 Å². The minimum absolute atomic E-state index is 0.267. The van der Waals surface area contributed by atoms with Crippen molar-refractivity contribution in [1.82, 2.24) is 10.2 Å². The Morgan fingerprint density at radius 3 is 2.90 bits per heavy atom. The topological polar surface area (TPSA) is 47.0 Å². The largest absolute Gasteiger partial charge is 0.378 e. The molecule has 4 nitrogen and oxygen atoms in total. The number of benzene rings is 1. The molecule has 0 saturated heterocycles. The first-order valence-electron chi connectivity index (χ1n) is 6.65. The van der Waals surface area contributed by atoms with E-state index in [1.165, 1.54) is 11.3 Å². The lowest BCUT2D eigenvalue weighted by Gasteiger charge is -2.05. The van der Waals surface area contributed by atoms with Gasteiger partial charge in [0.1, 0.15) is 0 Å². The molecular formula is C14H18ClN3OS2. The zero-order chi connectivity index (χ0) is 15.2. The number of anilines is 2. The first-order valence-corrected chi connectivity index (χ1v) is 8.83. The van der Waals surface area contributed by atoms with Gasteiger partial charge in [0.05, 0.1) is 12.7 Å². The number of nitrogens with zero attached hydrogens (tertiary/aromatic N) is 2. The monoisotopic (exact) mass is 343 g/mol. The Kier molecular flexibility index (Phi) is 6.29. The number of thioether (sulfide) groups is 1. The number of hydrogen-bond donors (Lipinski definition) is 1. The molecule has 0 amide bonds. The molecule has 21 heavy (non-hydrogen) atoms. The summed E-state index contributed by atoms with van der Waals surface area (Å²) >= 11 is 9.29. The molecule has 1 aromatic heterocycles. The van der Waals surface area contributed by atoms with Crippen LogP contribution in [0.3, 0.4) is 0 Å². The Morgan fingerprint density at radius 2 is 2.19 bits per heavy atom. The maximum absolute atomic E-state index is 6.10. The zero-order valence-corrected chi connectivity index (χ0v) is 14.6. The van der Waals surface area contributed by atoms with Crippen molar-refractivity contribution in [2.45, 2.75) is 31.2 Å². The molecule has 1 heterocycles. The molecule has 0 fully saturated rings. The molecule has 0 unspecified atom stereocenters. The molecule has 7 heteroatoms. The van der Waals surface area contributed by atoms with Gasteiger partial charge in [0, 0.05) is 16.5 Å². The van der Waals surface area contributed by atoms with Crippen LogP contribution in [0, 0.1) is 6.92 Å². The second kappa shape index (κ2) is 7.98. The first-order chi connectivity index (χ1) is 10.0. The van der Waals surface area contributed by atoms with E-state index in [1.807, 2.05) is 39.0 Å². The molecule has 0 aliphatic carbocycles. The summed E-state index contributed by atoms with van der Waals surface area (Å²) in [6.07, 6.45) is 0.267. The number of hydrogen-bond acceptors (Lipinski definition) is 6. The van der Waals surface area contributed by atoms with E-state index < -0.39 is 0 Å². The molecule has 0 saturated carbocycles. The normalized spacial score (nSPS) is 11.1. The standard InChI is InChI=1S/C14H18ClN3OS2/c1-9(2)19-6-7-20-14-18-17-13(21-14)16-11-5-4-10(3)12(15)8-11/h4-5,8-9H,6-7H2,1-3H3,(H,16,17). The van der Waals surface area contributed by atoms with Gasteiger partial charge in [-0.3, -0.25) is 0 Å². The molecule has 0 atom stereocenters. The number of ether oxygens (including phenoxy) is 1. The summed E-state index contributed by atoms with van der Waals surface area (Å²) < 4.78 is 6.43.